The van der Waals surface area contributed by atoms with Crippen molar-refractivity contribution in [3.05, 3.63) is 59.7 Å². The molecule has 0 unspecified atom stereocenters. The molecule has 1 amide bonds. The molecular formula is C21H23F2NO3. The first kappa shape index (κ1) is 19.1. The zero-order valence-electron chi connectivity index (χ0n) is 15.2. The Bertz CT molecular complexity index is 774. The van der Waals surface area contributed by atoms with E-state index in [-0.39, 0.29) is 22.5 Å². The largest absolute Gasteiger partial charge is 0.493 e. The van der Waals surface area contributed by atoms with Crippen LogP contribution in [0.3, 0.4) is 0 Å². The molecule has 0 aromatic heterocycles. The van der Waals surface area contributed by atoms with E-state index in [0.29, 0.717) is 6.54 Å². The van der Waals surface area contributed by atoms with Gasteiger partial charge in [-0.1, -0.05) is 49.2 Å². The zero-order chi connectivity index (χ0) is 19.3. The van der Waals surface area contributed by atoms with Crippen molar-refractivity contribution in [2.75, 3.05) is 13.7 Å². The molecule has 6 heteroatoms. The number of para-hydroxylation sites is 1. The normalized spacial score (nSPS) is 15.6. The molecular weight excluding hydrogens is 352 g/mol. The number of benzene rings is 2. The second-order valence-corrected chi connectivity index (χ2v) is 6.75. The predicted octanol–water partition coefficient (Wildman–Crippen LogP) is 4.54. The summed E-state index contributed by atoms with van der Waals surface area (Å²) in [5, 5.41) is 2.93. The third-order valence-electron chi connectivity index (χ3n) is 5.18. The Morgan fingerprint density at radius 3 is 2.44 bits per heavy atom. The van der Waals surface area contributed by atoms with Crippen molar-refractivity contribution in [1.82, 2.24) is 5.32 Å². The third kappa shape index (κ3) is 4.21. The number of hydrogen-bond acceptors (Lipinski definition) is 3. The lowest BCUT2D eigenvalue weighted by atomic mass is 9.79. The number of alkyl halides is 2. The molecule has 3 rings (SSSR count). The van der Waals surface area contributed by atoms with Crippen LogP contribution in [0.4, 0.5) is 8.78 Å². The molecule has 1 fully saturated rings. The molecule has 4 nitrogen and oxygen atoms in total. The number of carbonyl (C=O) groups excluding carboxylic acids is 1. The van der Waals surface area contributed by atoms with Gasteiger partial charge in [0.05, 0.1) is 12.7 Å². The Kier molecular flexibility index (Phi) is 5.94. The molecule has 144 valence electrons. The van der Waals surface area contributed by atoms with Crippen LogP contribution >= 0.6 is 0 Å². The maximum atomic E-state index is 12.8. The van der Waals surface area contributed by atoms with E-state index in [4.69, 9.17) is 4.74 Å². The van der Waals surface area contributed by atoms with Crippen LogP contribution in [0.5, 0.6) is 11.5 Å². The molecule has 1 saturated carbocycles. The minimum Gasteiger partial charge on any atom is -0.493 e. The summed E-state index contributed by atoms with van der Waals surface area (Å²) in [6.07, 6.45) is 4.17. The average Bonchev–Trinajstić information content (AvgIpc) is 3.17. The van der Waals surface area contributed by atoms with Crippen LogP contribution in [0.2, 0.25) is 0 Å². The highest BCUT2D eigenvalue weighted by atomic mass is 19.3. The first-order valence-electron chi connectivity index (χ1n) is 9.01. The molecule has 0 atom stereocenters. The number of ether oxygens (including phenoxy) is 2. The van der Waals surface area contributed by atoms with Crippen molar-refractivity contribution in [3.8, 4) is 11.5 Å². The fraction of sp³-hybridized carbons (Fsp3) is 0.381. The van der Waals surface area contributed by atoms with E-state index >= 15 is 0 Å². The molecule has 2 aromatic rings. The van der Waals surface area contributed by atoms with Crippen LogP contribution in [0.25, 0.3) is 0 Å². The van der Waals surface area contributed by atoms with E-state index < -0.39 is 12.5 Å². The van der Waals surface area contributed by atoms with Crippen LogP contribution in [0.1, 0.15) is 41.6 Å². The summed E-state index contributed by atoms with van der Waals surface area (Å²) in [5.41, 5.74) is 1.10. The smallest absolute Gasteiger partial charge is 0.387 e. The molecule has 0 aliphatic heterocycles. The van der Waals surface area contributed by atoms with Crippen LogP contribution in [-0.4, -0.2) is 26.2 Å². The molecule has 0 radical (unpaired) electrons. The Labute approximate surface area is 157 Å². The number of nitrogens with one attached hydrogen (secondary N) is 1. The lowest BCUT2D eigenvalue weighted by Crippen LogP contribution is -2.39. The van der Waals surface area contributed by atoms with E-state index in [9.17, 15) is 13.6 Å². The molecule has 1 aliphatic carbocycles. The Morgan fingerprint density at radius 1 is 1.11 bits per heavy atom. The lowest BCUT2D eigenvalue weighted by molar-refractivity contribution is -0.0515. The number of hydrogen-bond donors (Lipinski definition) is 1. The molecule has 0 heterocycles. The first-order chi connectivity index (χ1) is 13.1. The fourth-order valence-corrected chi connectivity index (χ4v) is 3.82. The van der Waals surface area contributed by atoms with Crippen LogP contribution in [-0.2, 0) is 5.41 Å². The lowest BCUT2D eigenvalue weighted by Gasteiger charge is -2.30. The van der Waals surface area contributed by atoms with Gasteiger partial charge in [0.15, 0.2) is 11.5 Å². The number of halogens is 2. The highest BCUT2D eigenvalue weighted by Crippen LogP contribution is 2.40. The van der Waals surface area contributed by atoms with Crippen molar-refractivity contribution < 1.29 is 23.0 Å². The summed E-state index contributed by atoms with van der Waals surface area (Å²) in [6, 6.07) is 14.6. The van der Waals surface area contributed by atoms with Gasteiger partial charge in [-0.15, -0.1) is 0 Å². The van der Waals surface area contributed by atoms with Crippen LogP contribution in [0, 0.1) is 0 Å². The van der Waals surface area contributed by atoms with Crippen molar-refractivity contribution >= 4 is 5.91 Å². The first-order valence-corrected chi connectivity index (χ1v) is 9.01. The van der Waals surface area contributed by atoms with Gasteiger partial charge in [0.25, 0.3) is 5.91 Å². The van der Waals surface area contributed by atoms with Crippen LogP contribution < -0.4 is 14.8 Å². The van der Waals surface area contributed by atoms with Gasteiger partial charge in [0.1, 0.15) is 0 Å². The Balaban J connectivity index is 1.81. The van der Waals surface area contributed by atoms with E-state index in [1.807, 2.05) is 18.2 Å². The summed E-state index contributed by atoms with van der Waals surface area (Å²) in [5.74, 6) is -0.596. The molecule has 0 spiro atoms. The second-order valence-electron chi connectivity index (χ2n) is 6.75. The summed E-state index contributed by atoms with van der Waals surface area (Å²) in [6.45, 7) is -2.60. The summed E-state index contributed by atoms with van der Waals surface area (Å²) in [4.78, 5) is 12.8. The molecule has 0 saturated heterocycles. The standard InChI is InChI=1S/C21H23F2NO3/c1-26-17-11-7-10-16(18(17)27-20(22)23)19(25)24-14-21(12-5-6-13-21)15-8-3-2-4-9-15/h2-4,7-11,20H,5-6,12-14H2,1H3,(H,24,25). The van der Waals surface area contributed by atoms with Gasteiger partial charge in [0.2, 0.25) is 0 Å². The highest BCUT2D eigenvalue weighted by molar-refractivity contribution is 5.97. The number of rotatable bonds is 7. The molecule has 27 heavy (non-hydrogen) atoms. The van der Waals surface area contributed by atoms with Gasteiger partial charge in [0, 0.05) is 12.0 Å². The summed E-state index contributed by atoms with van der Waals surface area (Å²) in [7, 11) is 1.35. The third-order valence-corrected chi connectivity index (χ3v) is 5.18. The number of methoxy groups -OCH3 is 1. The van der Waals surface area contributed by atoms with E-state index in [1.54, 1.807) is 6.07 Å². The quantitative estimate of drug-likeness (QED) is 0.773. The number of carbonyl (C=O) groups is 1. The molecule has 1 N–H and O–H groups in total. The van der Waals surface area contributed by atoms with Crippen molar-refractivity contribution in [1.29, 1.82) is 0 Å². The van der Waals surface area contributed by atoms with Gasteiger partial charge in [-0.2, -0.15) is 8.78 Å². The highest BCUT2D eigenvalue weighted by Gasteiger charge is 2.36. The topological polar surface area (TPSA) is 47.6 Å². The van der Waals surface area contributed by atoms with Crippen molar-refractivity contribution in [2.24, 2.45) is 0 Å². The molecule has 0 bridgehead atoms. The van der Waals surface area contributed by atoms with Crippen molar-refractivity contribution in [2.45, 2.75) is 37.7 Å². The van der Waals surface area contributed by atoms with E-state index in [1.165, 1.54) is 24.8 Å². The Hall–Kier alpha value is -2.63. The minimum atomic E-state index is -3.04. The number of amides is 1. The van der Waals surface area contributed by atoms with E-state index in [0.717, 1.165) is 25.7 Å². The summed E-state index contributed by atoms with van der Waals surface area (Å²) < 4.78 is 35.2. The maximum absolute atomic E-state index is 12.8. The van der Waals surface area contributed by atoms with Gasteiger partial charge >= 0.3 is 6.61 Å². The van der Waals surface area contributed by atoms with Gasteiger partial charge in [-0.3, -0.25) is 4.79 Å². The van der Waals surface area contributed by atoms with Gasteiger partial charge < -0.3 is 14.8 Å². The predicted molar refractivity (Wildman–Crippen MR) is 98.5 cm³/mol. The van der Waals surface area contributed by atoms with E-state index in [2.05, 4.69) is 22.2 Å². The second kappa shape index (κ2) is 8.37. The van der Waals surface area contributed by atoms with Gasteiger partial charge in [-0.25, -0.2) is 0 Å². The zero-order valence-corrected chi connectivity index (χ0v) is 15.2. The SMILES string of the molecule is COc1cccc(C(=O)NCC2(c3ccccc3)CCCC2)c1OC(F)F. The van der Waals surface area contributed by atoms with Crippen molar-refractivity contribution in [3.63, 3.8) is 0 Å². The fourth-order valence-electron chi connectivity index (χ4n) is 3.82. The summed E-state index contributed by atoms with van der Waals surface area (Å²) >= 11 is 0. The molecule has 1 aliphatic rings. The average molecular weight is 375 g/mol. The maximum Gasteiger partial charge on any atom is 0.387 e. The van der Waals surface area contributed by atoms with Gasteiger partial charge in [-0.05, 0) is 30.5 Å². The monoisotopic (exact) mass is 375 g/mol. The molecule has 2 aromatic carbocycles. The minimum absolute atomic E-state index is 0.0378. The Morgan fingerprint density at radius 2 is 1.81 bits per heavy atom. The van der Waals surface area contributed by atoms with Crippen LogP contribution in [0.15, 0.2) is 48.5 Å².